The molecule has 1 heterocycles. The van der Waals surface area contributed by atoms with E-state index in [1.165, 1.54) is 24.3 Å². The minimum Gasteiger partial charge on any atom is -0.360 e. The van der Waals surface area contributed by atoms with E-state index >= 15 is 0 Å². The summed E-state index contributed by atoms with van der Waals surface area (Å²) in [5.41, 5.74) is 1.78. The van der Waals surface area contributed by atoms with Crippen molar-refractivity contribution in [2.24, 2.45) is 0 Å². The second-order valence-electron chi connectivity index (χ2n) is 4.50. The number of H-pyrrole nitrogens is 1. The van der Waals surface area contributed by atoms with Gasteiger partial charge in [0, 0.05) is 39.3 Å². The summed E-state index contributed by atoms with van der Waals surface area (Å²) in [6, 6.07) is 11.2. The van der Waals surface area contributed by atoms with E-state index in [-0.39, 0.29) is 11.5 Å². The Morgan fingerprint density at radius 2 is 1.86 bits per heavy atom. The molecule has 2 aromatic carbocycles. The predicted molar refractivity (Wildman–Crippen MR) is 82.5 cm³/mol. The Hall–Kier alpha value is -2.47. The van der Waals surface area contributed by atoms with Gasteiger partial charge in [-0.3, -0.25) is 14.9 Å². The average Bonchev–Trinajstić information content (AvgIpc) is 2.92. The quantitative estimate of drug-likeness (QED) is 0.442. The lowest BCUT2D eigenvalue weighted by Gasteiger charge is -2.00. The molecular weight excluding hydrogens is 336 g/mol. The zero-order chi connectivity index (χ0) is 15.0. The standard InChI is InChI=1S/C15H9BrN2O3/c16-13-3-1-2-11-12(8-17-14(11)13)15(19)9-4-6-10(7-5-9)18(20)21/h1-8,17H. The number of ketones is 1. The molecule has 6 heteroatoms. The molecule has 1 aromatic heterocycles. The second kappa shape index (κ2) is 5.14. The van der Waals surface area contributed by atoms with Gasteiger partial charge in [0.2, 0.25) is 0 Å². The molecule has 0 saturated carbocycles. The first-order valence-electron chi connectivity index (χ1n) is 6.12. The Kier molecular flexibility index (Phi) is 3.31. The number of nitro benzene ring substituents is 1. The fourth-order valence-corrected chi connectivity index (χ4v) is 2.68. The SMILES string of the molecule is O=C(c1ccc([N+](=O)[O-])cc1)c1c[nH]c2c(Br)cccc12. The monoisotopic (exact) mass is 344 g/mol. The number of halogens is 1. The molecule has 0 aliphatic heterocycles. The molecule has 0 amide bonds. The second-order valence-corrected chi connectivity index (χ2v) is 5.35. The van der Waals surface area contributed by atoms with Crippen LogP contribution in [-0.2, 0) is 0 Å². The number of fused-ring (bicyclic) bond motifs is 1. The first kappa shape index (κ1) is 13.5. The number of para-hydroxylation sites is 1. The number of benzene rings is 2. The van der Waals surface area contributed by atoms with Crippen LogP contribution in [-0.4, -0.2) is 15.7 Å². The molecule has 104 valence electrons. The fraction of sp³-hybridized carbons (Fsp3) is 0. The minimum absolute atomic E-state index is 0.0341. The van der Waals surface area contributed by atoms with Gasteiger partial charge >= 0.3 is 0 Å². The Morgan fingerprint density at radius 3 is 2.52 bits per heavy atom. The number of non-ortho nitro benzene ring substituents is 1. The zero-order valence-electron chi connectivity index (χ0n) is 10.7. The molecule has 1 N–H and O–H groups in total. The van der Waals surface area contributed by atoms with Crippen LogP contribution in [0.3, 0.4) is 0 Å². The summed E-state index contributed by atoms with van der Waals surface area (Å²) in [5, 5.41) is 11.4. The van der Waals surface area contributed by atoms with Gasteiger partial charge in [-0.1, -0.05) is 12.1 Å². The maximum absolute atomic E-state index is 12.5. The summed E-state index contributed by atoms with van der Waals surface area (Å²) < 4.78 is 0.878. The van der Waals surface area contributed by atoms with Gasteiger partial charge in [0.15, 0.2) is 5.78 Å². The molecule has 0 spiro atoms. The summed E-state index contributed by atoms with van der Waals surface area (Å²) in [5.74, 6) is -0.172. The summed E-state index contributed by atoms with van der Waals surface area (Å²) >= 11 is 3.42. The lowest BCUT2D eigenvalue weighted by Crippen LogP contribution is -2.00. The fourth-order valence-electron chi connectivity index (χ4n) is 2.20. The van der Waals surface area contributed by atoms with Gasteiger partial charge in [0.05, 0.1) is 10.4 Å². The van der Waals surface area contributed by atoms with Crippen LogP contribution in [0.4, 0.5) is 5.69 Å². The molecule has 3 aromatic rings. The van der Waals surface area contributed by atoms with Crippen molar-refractivity contribution < 1.29 is 9.72 Å². The number of carbonyl (C=O) groups excluding carboxylic acids is 1. The first-order valence-corrected chi connectivity index (χ1v) is 6.92. The van der Waals surface area contributed by atoms with Crippen molar-refractivity contribution in [1.29, 1.82) is 0 Å². The van der Waals surface area contributed by atoms with Crippen molar-refractivity contribution in [1.82, 2.24) is 4.98 Å². The molecule has 3 rings (SSSR count). The number of nitrogens with one attached hydrogen (secondary N) is 1. The largest absolute Gasteiger partial charge is 0.360 e. The van der Waals surface area contributed by atoms with E-state index in [0.29, 0.717) is 11.1 Å². The lowest BCUT2D eigenvalue weighted by atomic mass is 10.0. The van der Waals surface area contributed by atoms with Crippen LogP contribution in [0.25, 0.3) is 10.9 Å². The molecule has 21 heavy (non-hydrogen) atoms. The van der Waals surface area contributed by atoms with Gasteiger partial charge in [-0.2, -0.15) is 0 Å². The molecule has 0 bridgehead atoms. The number of carbonyl (C=O) groups is 1. The van der Waals surface area contributed by atoms with Crippen LogP contribution < -0.4 is 0 Å². The molecular formula is C15H9BrN2O3. The predicted octanol–water partition coefficient (Wildman–Crippen LogP) is 4.07. The lowest BCUT2D eigenvalue weighted by molar-refractivity contribution is -0.384. The Bertz CT molecular complexity index is 853. The maximum atomic E-state index is 12.5. The number of hydrogen-bond donors (Lipinski definition) is 1. The van der Waals surface area contributed by atoms with E-state index in [9.17, 15) is 14.9 Å². The third kappa shape index (κ3) is 2.34. The number of nitrogens with zero attached hydrogens (tertiary/aromatic N) is 1. The summed E-state index contributed by atoms with van der Waals surface area (Å²) in [7, 11) is 0. The normalized spacial score (nSPS) is 10.7. The van der Waals surface area contributed by atoms with Crippen molar-refractivity contribution in [3.05, 3.63) is 74.4 Å². The summed E-state index contributed by atoms with van der Waals surface area (Å²) in [4.78, 5) is 25.7. The van der Waals surface area contributed by atoms with Gasteiger partial charge < -0.3 is 4.98 Å². The molecule has 0 radical (unpaired) electrons. The third-order valence-electron chi connectivity index (χ3n) is 3.25. The van der Waals surface area contributed by atoms with Crippen LogP contribution in [0, 0.1) is 10.1 Å². The maximum Gasteiger partial charge on any atom is 0.269 e. The van der Waals surface area contributed by atoms with Gasteiger partial charge in [-0.25, -0.2) is 0 Å². The van der Waals surface area contributed by atoms with Crippen molar-refractivity contribution >= 4 is 38.3 Å². The van der Waals surface area contributed by atoms with E-state index < -0.39 is 4.92 Å². The molecule has 0 unspecified atom stereocenters. The number of hydrogen-bond acceptors (Lipinski definition) is 3. The van der Waals surface area contributed by atoms with E-state index in [2.05, 4.69) is 20.9 Å². The highest BCUT2D eigenvalue weighted by Gasteiger charge is 2.16. The first-order chi connectivity index (χ1) is 10.1. The van der Waals surface area contributed by atoms with Crippen molar-refractivity contribution in [3.8, 4) is 0 Å². The van der Waals surface area contributed by atoms with Gasteiger partial charge in [0.25, 0.3) is 5.69 Å². The van der Waals surface area contributed by atoms with Crippen molar-refractivity contribution in [2.75, 3.05) is 0 Å². The van der Waals surface area contributed by atoms with Crippen LogP contribution in [0.15, 0.2) is 53.1 Å². The Balaban J connectivity index is 2.04. The number of aromatic nitrogens is 1. The highest BCUT2D eigenvalue weighted by atomic mass is 79.9. The minimum atomic E-state index is -0.489. The summed E-state index contributed by atoms with van der Waals surface area (Å²) in [6.07, 6.45) is 1.65. The van der Waals surface area contributed by atoms with Gasteiger partial charge in [-0.05, 0) is 34.1 Å². The summed E-state index contributed by atoms with van der Waals surface area (Å²) in [6.45, 7) is 0. The van der Waals surface area contributed by atoms with E-state index in [4.69, 9.17) is 0 Å². The van der Waals surface area contributed by atoms with E-state index in [0.717, 1.165) is 15.4 Å². The van der Waals surface area contributed by atoms with Gasteiger partial charge in [0.1, 0.15) is 0 Å². The molecule has 0 saturated heterocycles. The Morgan fingerprint density at radius 1 is 1.14 bits per heavy atom. The third-order valence-corrected chi connectivity index (χ3v) is 3.91. The van der Waals surface area contributed by atoms with Crippen LogP contribution in [0.1, 0.15) is 15.9 Å². The molecule has 0 fully saturated rings. The van der Waals surface area contributed by atoms with Crippen LogP contribution >= 0.6 is 15.9 Å². The van der Waals surface area contributed by atoms with E-state index in [1.54, 1.807) is 6.20 Å². The number of nitro groups is 1. The van der Waals surface area contributed by atoms with E-state index in [1.807, 2.05) is 18.2 Å². The number of rotatable bonds is 3. The van der Waals surface area contributed by atoms with Crippen molar-refractivity contribution in [3.63, 3.8) is 0 Å². The van der Waals surface area contributed by atoms with Crippen LogP contribution in [0.5, 0.6) is 0 Å². The molecule has 0 aliphatic rings. The highest BCUT2D eigenvalue weighted by molar-refractivity contribution is 9.10. The Labute approximate surface area is 127 Å². The zero-order valence-corrected chi connectivity index (χ0v) is 12.3. The number of aromatic amines is 1. The highest BCUT2D eigenvalue weighted by Crippen LogP contribution is 2.27. The molecule has 5 nitrogen and oxygen atoms in total. The molecule has 0 aliphatic carbocycles. The van der Waals surface area contributed by atoms with Gasteiger partial charge in [-0.15, -0.1) is 0 Å². The van der Waals surface area contributed by atoms with Crippen LogP contribution in [0.2, 0.25) is 0 Å². The topological polar surface area (TPSA) is 76.0 Å². The average molecular weight is 345 g/mol. The van der Waals surface area contributed by atoms with Crippen molar-refractivity contribution in [2.45, 2.75) is 0 Å². The smallest absolute Gasteiger partial charge is 0.269 e. The molecule has 0 atom stereocenters.